The zero-order chi connectivity index (χ0) is 9.56. The number of rotatable bonds is 2. The zero-order valence-corrected chi connectivity index (χ0v) is 8.78. The maximum Gasteiger partial charge on any atom is 0.0406 e. The SMILES string of the molecule is CC#CC(C)=C=C(C)C(C)CC. The Kier molecular flexibility index (Phi) is 5.26. The topological polar surface area (TPSA) is 0 Å². The van der Waals surface area contributed by atoms with Crippen LogP contribution in [0.25, 0.3) is 0 Å². The van der Waals surface area contributed by atoms with Gasteiger partial charge >= 0.3 is 0 Å². The Labute approximate surface area is 76.4 Å². The van der Waals surface area contributed by atoms with Gasteiger partial charge in [0.15, 0.2) is 0 Å². The molecule has 0 aromatic carbocycles. The Hall–Kier alpha value is -0.920. The first kappa shape index (κ1) is 11.1. The predicted octanol–water partition coefficient (Wildman–Crippen LogP) is 3.55. The first-order chi connectivity index (χ1) is 5.61. The first-order valence-corrected chi connectivity index (χ1v) is 4.48. The van der Waals surface area contributed by atoms with Gasteiger partial charge < -0.3 is 0 Å². The summed E-state index contributed by atoms with van der Waals surface area (Å²) in [6.07, 6.45) is 1.17. The van der Waals surface area contributed by atoms with Crippen molar-refractivity contribution in [3.8, 4) is 11.8 Å². The maximum atomic E-state index is 3.29. The quantitative estimate of drug-likeness (QED) is 0.430. The van der Waals surface area contributed by atoms with Crippen molar-refractivity contribution in [2.24, 2.45) is 5.92 Å². The lowest BCUT2D eigenvalue weighted by Crippen LogP contribution is -1.91. The van der Waals surface area contributed by atoms with Gasteiger partial charge in [-0.05, 0) is 38.7 Å². The third-order valence-corrected chi connectivity index (χ3v) is 2.05. The van der Waals surface area contributed by atoms with E-state index < -0.39 is 0 Å². The summed E-state index contributed by atoms with van der Waals surface area (Å²) in [5.41, 5.74) is 5.63. The van der Waals surface area contributed by atoms with Crippen LogP contribution in [0.5, 0.6) is 0 Å². The molecule has 0 heteroatoms. The van der Waals surface area contributed by atoms with Crippen LogP contribution in [0.1, 0.15) is 41.0 Å². The summed E-state index contributed by atoms with van der Waals surface area (Å²) in [6.45, 7) is 10.4. The molecule has 0 nitrogen and oxygen atoms in total. The summed E-state index contributed by atoms with van der Waals surface area (Å²) in [5.74, 6) is 6.48. The Morgan fingerprint density at radius 1 is 1.33 bits per heavy atom. The molecule has 0 aromatic rings. The normalized spacial score (nSPS) is 10.8. The molecule has 0 aliphatic heterocycles. The minimum Gasteiger partial charge on any atom is -0.109 e. The highest BCUT2D eigenvalue weighted by molar-refractivity contribution is 5.26. The average Bonchev–Trinajstić information content (AvgIpc) is 2.03. The molecule has 12 heavy (non-hydrogen) atoms. The monoisotopic (exact) mass is 162 g/mol. The lowest BCUT2D eigenvalue weighted by atomic mass is 10.0. The van der Waals surface area contributed by atoms with Gasteiger partial charge in [-0.1, -0.05) is 19.8 Å². The third-order valence-electron chi connectivity index (χ3n) is 2.05. The molecule has 66 valence electrons. The molecule has 0 bridgehead atoms. The van der Waals surface area contributed by atoms with Crippen LogP contribution in [0.3, 0.4) is 0 Å². The molecule has 0 N–H and O–H groups in total. The van der Waals surface area contributed by atoms with Gasteiger partial charge in [0.25, 0.3) is 0 Å². The Morgan fingerprint density at radius 3 is 2.33 bits per heavy atom. The van der Waals surface area contributed by atoms with Crippen molar-refractivity contribution in [3.05, 3.63) is 16.9 Å². The standard InChI is InChI=1S/C12H18/c1-6-8-10(3)9-12(5)11(4)7-2/h11H,7H2,1-5H3. The molecule has 0 spiro atoms. The number of allylic oxidation sites excluding steroid dienone is 1. The lowest BCUT2D eigenvalue weighted by molar-refractivity contribution is 0.656. The predicted molar refractivity (Wildman–Crippen MR) is 54.8 cm³/mol. The first-order valence-electron chi connectivity index (χ1n) is 4.48. The summed E-state index contributed by atoms with van der Waals surface area (Å²) < 4.78 is 0. The second-order valence-electron chi connectivity index (χ2n) is 3.12. The van der Waals surface area contributed by atoms with Gasteiger partial charge in [-0.2, -0.15) is 0 Å². The second kappa shape index (κ2) is 5.70. The summed E-state index contributed by atoms with van der Waals surface area (Å²) in [4.78, 5) is 0. The van der Waals surface area contributed by atoms with Crippen molar-refractivity contribution >= 4 is 0 Å². The highest BCUT2D eigenvalue weighted by Gasteiger charge is 1.98. The van der Waals surface area contributed by atoms with Gasteiger partial charge in [-0.15, -0.1) is 11.7 Å². The van der Waals surface area contributed by atoms with Crippen LogP contribution in [0, 0.1) is 17.8 Å². The smallest absolute Gasteiger partial charge is 0.0406 e. The molecule has 0 saturated carbocycles. The molecule has 0 amide bonds. The van der Waals surface area contributed by atoms with Crippen molar-refractivity contribution in [2.45, 2.75) is 41.0 Å². The van der Waals surface area contributed by atoms with Gasteiger partial charge in [0.2, 0.25) is 0 Å². The molecular formula is C12H18. The number of hydrogen-bond donors (Lipinski definition) is 0. The molecule has 0 aliphatic carbocycles. The van der Waals surface area contributed by atoms with Crippen LogP contribution in [0.15, 0.2) is 16.9 Å². The molecule has 0 saturated heterocycles. The molecule has 0 rings (SSSR count). The molecule has 0 aliphatic rings. The molecule has 1 atom stereocenters. The van der Waals surface area contributed by atoms with Crippen molar-refractivity contribution in [1.82, 2.24) is 0 Å². The summed E-state index contributed by atoms with van der Waals surface area (Å²) in [6, 6.07) is 0. The largest absolute Gasteiger partial charge is 0.109 e. The summed E-state index contributed by atoms with van der Waals surface area (Å²) >= 11 is 0. The number of hydrogen-bond acceptors (Lipinski definition) is 0. The van der Waals surface area contributed by atoms with Crippen molar-refractivity contribution in [1.29, 1.82) is 0 Å². The van der Waals surface area contributed by atoms with Crippen LogP contribution in [0.4, 0.5) is 0 Å². The Balaban J connectivity index is 4.69. The maximum absolute atomic E-state index is 3.29. The average molecular weight is 162 g/mol. The van der Waals surface area contributed by atoms with Crippen LogP contribution in [-0.4, -0.2) is 0 Å². The Morgan fingerprint density at radius 2 is 1.92 bits per heavy atom. The van der Waals surface area contributed by atoms with E-state index in [2.05, 4.69) is 38.3 Å². The molecule has 0 aromatic heterocycles. The molecular weight excluding hydrogens is 144 g/mol. The fraction of sp³-hybridized carbons (Fsp3) is 0.583. The third kappa shape index (κ3) is 4.06. The van der Waals surface area contributed by atoms with Gasteiger partial charge in [-0.3, -0.25) is 0 Å². The summed E-state index contributed by atoms with van der Waals surface area (Å²) in [5, 5.41) is 0. The van der Waals surface area contributed by atoms with E-state index in [1.54, 1.807) is 0 Å². The van der Waals surface area contributed by atoms with Crippen LogP contribution >= 0.6 is 0 Å². The van der Waals surface area contributed by atoms with E-state index in [-0.39, 0.29) is 0 Å². The van der Waals surface area contributed by atoms with E-state index in [9.17, 15) is 0 Å². The van der Waals surface area contributed by atoms with Crippen molar-refractivity contribution < 1.29 is 0 Å². The fourth-order valence-corrected chi connectivity index (χ4v) is 0.944. The zero-order valence-electron chi connectivity index (χ0n) is 8.78. The van der Waals surface area contributed by atoms with Gasteiger partial charge in [0, 0.05) is 5.57 Å². The second-order valence-corrected chi connectivity index (χ2v) is 3.12. The van der Waals surface area contributed by atoms with Crippen molar-refractivity contribution in [3.63, 3.8) is 0 Å². The van der Waals surface area contributed by atoms with Crippen LogP contribution < -0.4 is 0 Å². The van der Waals surface area contributed by atoms with Crippen LogP contribution in [-0.2, 0) is 0 Å². The lowest BCUT2D eigenvalue weighted by Gasteiger charge is -2.04. The minimum absolute atomic E-state index is 0.624. The molecule has 0 radical (unpaired) electrons. The van der Waals surface area contributed by atoms with Crippen molar-refractivity contribution in [2.75, 3.05) is 0 Å². The minimum atomic E-state index is 0.624. The molecule has 1 unspecified atom stereocenters. The van der Waals surface area contributed by atoms with E-state index in [4.69, 9.17) is 0 Å². The van der Waals surface area contributed by atoms with E-state index in [0.29, 0.717) is 5.92 Å². The molecule has 0 heterocycles. The van der Waals surface area contributed by atoms with Gasteiger partial charge in [0.1, 0.15) is 0 Å². The summed E-state index contributed by atoms with van der Waals surface area (Å²) in [7, 11) is 0. The van der Waals surface area contributed by atoms with Crippen LogP contribution in [0.2, 0.25) is 0 Å². The van der Waals surface area contributed by atoms with Gasteiger partial charge in [0.05, 0.1) is 0 Å². The molecule has 0 fully saturated rings. The van der Waals surface area contributed by atoms with Gasteiger partial charge in [-0.25, -0.2) is 0 Å². The van der Waals surface area contributed by atoms with E-state index in [0.717, 1.165) is 5.57 Å². The Bertz CT molecular complexity index is 251. The highest BCUT2D eigenvalue weighted by Crippen LogP contribution is 2.12. The fourth-order valence-electron chi connectivity index (χ4n) is 0.944. The highest BCUT2D eigenvalue weighted by atomic mass is 14.0. The van der Waals surface area contributed by atoms with E-state index in [1.165, 1.54) is 12.0 Å². The van der Waals surface area contributed by atoms with E-state index in [1.807, 2.05) is 13.8 Å². The van der Waals surface area contributed by atoms with E-state index >= 15 is 0 Å².